The lowest BCUT2D eigenvalue weighted by Gasteiger charge is -2.39. The third-order valence-electron chi connectivity index (χ3n) is 7.72. The van der Waals surface area contributed by atoms with E-state index in [-0.39, 0.29) is 34.6 Å². The van der Waals surface area contributed by atoms with Crippen LogP contribution in [-0.2, 0) is 14.6 Å². The van der Waals surface area contributed by atoms with Gasteiger partial charge in [0.1, 0.15) is 17.3 Å². The molecule has 10 nitrogen and oxygen atoms in total. The van der Waals surface area contributed by atoms with Crippen molar-refractivity contribution >= 4 is 27.2 Å². The smallest absolute Gasteiger partial charge is 0.248 e. The standard InChI is InChI=1S/C27H28N6O4S/c1-38(36,37)25-24(18-11-19-8-9-20(12-18)32(19)23(35)15-34)31-27-21(14-30-33(27)26(25)28)17-7-10-22(29-13-17)16-5-3-2-4-6-16/h2-7,10,13-14,18-20,34H,8-9,11-12,15,28H2,1H3/t18-,19-,20+. The van der Waals surface area contributed by atoms with Crippen LogP contribution in [0.25, 0.3) is 28.0 Å². The Hall–Kier alpha value is -3.83. The van der Waals surface area contributed by atoms with E-state index in [1.165, 1.54) is 4.52 Å². The zero-order chi connectivity index (χ0) is 26.6. The summed E-state index contributed by atoms with van der Waals surface area (Å²) in [4.78, 5) is 23.6. The number of carbonyl (C=O) groups is 1. The van der Waals surface area contributed by atoms with E-state index < -0.39 is 16.4 Å². The molecule has 4 aromatic rings. The summed E-state index contributed by atoms with van der Waals surface area (Å²) in [7, 11) is -3.73. The molecule has 3 atom stereocenters. The minimum absolute atomic E-state index is 0.0106. The minimum Gasteiger partial charge on any atom is -0.387 e. The molecule has 2 saturated heterocycles. The van der Waals surface area contributed by atoms with Gasteiger partial charge in [-0.2, -0.15) is 9.61 Å². The molecule has 2 fully saturated rings. The number of fused-ring (bicyclic) bond motifs is 3. The molecule has 0 unspecified atom stereocenters. The number of amides is 1. The van der Waals surface area contributed by atoms with E-state index in [1.807, 2.05) is 42.5 Å². The number of aliphatic hydroxyl groups excluding tert-OH is 1. The summed E-state index contributed by atoms with van der Waals surface area (Å²) in [5.41, 5.74) is 10.6. The van der Waals surface area contributed by atoms with E-state index >= 15 is 0 Å². The predicted molar refractivity (Wildman–Crippen MR) is 142 cm³/mol. The third-order valence-corrected chi connectivity index (χ3v) is 8.88. The molecule has 2 aliphatic heterocycles. The summed E-state index contributed by atoms with van der Waals surface area (Å²) in [5.74, 6) is -0.464. The summed E-state index contributed by atoms with van der Waals surface area (Å²) in [5, 5.41) is 13.8. The van der Waals surface area contributed by atoms with Crippen LogP contribution in [0.15, 0.2) is 59.8 Å². The van der Waals surface area contributed by atoms with Crippen molar-refractivity contribution in [3.63, 3.8) is 0 Å². The molecule has 0 aliphatic carbocycles. The molecule has 2 aliphatic rings. The number of anilines is 1. The molecule has 3 N–H and O–H groups in total. The molecule has 0 spiro atoms. The summed E-state index contributed by atoms with van der Waals surface area (Å²) in [6.07, 6.45) is 7.26. The first-order valence-electron chi connectivity index (χ1n) is 12.6. The van der Waals surface area contributed by atoms with Gasteiger partial charge in [-0.1, -0.05) is 36.4 Å². The van der Waals surface area contributed by atoms with E-state index in [0.29, 0.717) is 29.7 Å². The highest BCUT2D eigenvalue weighted by Crippen LogP contribution is 2.45. The van der Waals surface area contributed by atoms with Crippen LogP contribution in [0.4, 0.5) is 5.82 Å². The number of benzene rings is 1. The first-order valence-corrected chi connectivity index (χ1v) is 14.5. The van der Waals surface area contributed by atoms with Gasteiger partial charge in [0.05, 0.1) is 17.6 Å². The van der Waals surface area contributed by atoms with Crippen LogP contribution >= 0.6 is 0 Å². The highest BCUT2D eigenvalue weighted by molar-refractivity contribution is 7.91. The van der Waals surface area contributed by atoms with E-state index in [2.05, 4.69) is 10.1 Å². The Kier molecular flexibility index (Phi) is 5.92. The van der Waals surface area contributed by atoms with Crippen molar-refractivity contribution < 1.29 is 18.3 Å². The van der Waals surface area contributed by atoms with Crippen LogP contribution in [-0.4, -0.2) is 68.9 Å². The quantitative estimate of drug-likeness (QED) is 0.399. The van der Waals surface area contributed by atoms with Crippen LogP contribution in [0.5, 0.6) is 0 Å². The number of carbonyl (C=O) groups excluding carboxylic acids is 1. The van der Waals surface area contributed by atoms with Gasteiger partial charge < -0.3 is 15.7 Å². The topological polar surface area (TPSA) is 144 Å². The molecular weight excluding hydrogens is 504 g/mol. The predicted octanol–water partition coefficient (Wildman–Crippen LogP) is 2.67. The van der Waals surface area contributed by atoms with E-state index in [1.54, 1.807) is 17.3 Å². The second-order valence-corrected chi connectivity index (χ2v) is 12.0. The maximum absolute atomic E-state index is 12.9. The van der Waals surface area contributed by atoms with Gasteiger partial charge in [0.2, 0.25) is 5.91 Å². The van der Waals surface area contributed by atoms with Crippen LogP contribution in [0.1, 0.15) is 37.3 Å². The van der Waals surface area contributed by atoms with Crippen molar-refractivity contribution in [2.75, 3.05) is 18.6 Å². The third kappa shape index (κ3) is 4.02. The molecule has 196 valence electrons. The second kappa shape index (κ2) is 9.17. The van der Waals surface area contributed by atoms with Crippen LogP contribution in [0.3, 0.4) is 0 Å². The number of hydrogen-bond acceptors (Lipinski definition) is 8. The van der Waals surface area contributed by atoms with Crippen LogP contribution in [0, 0.1) is 0 Å². The Balaban J connectivity index is 1.44. The molecular formula is C27H28N6O4S. The molecule has 38 heavy (non-hydrogen) atoms. The van der Waals surface area contributed by atoms with Crippen molar-refractivity contribution in [2.24, 2.45) is 0 Å². The minimum atomic E-state index is -3.73. The Morgan fingerprint density at radius 3 is 2.37 bits per heavy atom. The zero-order valence-corrected chi connectivity index (χ0v) is 21.7. The van der Waals surface area contributed by atoms with Crippen molar-refractivity contribution in [2.45, 2.75) is 48.6 Å². The Morgan fingerprint density at radius 1 is 1.05 bits per heavy atom. The number of sulfone groups is 1. The number of hydrogen-bond donors (Lipinski definition) is 2. The van der Waals surface area contributed by atoms with Crippen LogP contribution in [0.2, 0.25) is 0 Å². The number of piperidine rings is 1. The van der Waals surface area contributed by atoms with Crippen molar-refractivity contribution in [1.82, 2.24) is 24.5 Å². The van der Waals surface area contributed by atoms with Gasteiger partial charge in [0.15, 0.2) is 15.5 Å². The maximum atomic E-state index is 12.9. The fourth-order valence-corrected chi connectivity index (χ4v) is 7.16. The SMILES string of the molecule is CS(=O)(=O)c1c([C@@H]2C[C@H]3CC[C@@H](C2)N3C(=O)CO)nc2c(-c3ccc(-c4ccccc4)nc3)cnn2c1N. The number of aliphatic hydroxyl groups is 1. The van der Waals surface area contributed by atoms with E-state index in [0.717, 1.165) is 35.9 Å². The summed E-state index contributed by atoms with van der Waals surface area (Å²) in [6.45, 7) is -0.528. The molecule has 3 aromatic heterocycles. The molecule has 5 heterocycles. The molecule has 1 aromatic carbocycles. The highest BCUT2D eigenvalue weighted by Gasteiger charge is 2.45. The highest BCUT2D eigenvalue weighted by atomic mass is 32.2. The average Bonchev–Trinajstić information content (AvgIpc) is 3.46. The van der Waals surface area contributed by atoms with Gasteiger partial charge >= 0.3 is 0 Å². The molecule has 6 rings (SSSR count). The fraction of sp³-hybridized carbons (Fsp3) is 0.333. The Morgan fingerprint density at radius 2 is 1.76 bits per heavy atom. The fourth-order valence-electron chi connectivity index (χ4n) is 6.10. The first-order chi connectivity index (χ1) is 18.3. The molecule has 0 radical (unpaired) electrons. The second-order valence-electron chi connectivity index (χ2n) is 10.1. The monoisotopic (exact) mass is 532 g/mol. The van der Waals surface area contributed by atoms with Gasteiger partial charge in [0, 0.05) is 47.1 Å². The van der Waals surface area contributed by atoms with Gasteiger partial charge in [0.25, 0.3) is 0 Å². The van der Waals surface area contributed by atoms with Gasteiger partial charge in [-0.25, -0.2) is 13.4 Å². The Bertz CT molecular complexity index is 1620. The van der Waals surface area contributed by atoms with Gasteiger partial charge in [-0.15, -0.1) is 0 Å². The van der Waals surface area contributed by atoms with Crippen molar-refractivity contribution in [1.29, 1.82) is 0 Å². The lowest BCUT2D eigenvalue weighted by atomic mass is 9.87. The summed E-state index contributed by atoms with van der Waals surface area (Å²) in [6, 6.07) is 13.6. The molecule has 0 saturated carbocycles. The van der Waals surface area contributed by atoms with Gasteiger partial charge in [-0.05, 0) is 31.7 Å². The average molecular weight is 533 g/mol. The largest absolute Gasteiger partial charge is 0.387 e. The number of pyridine rings is 1. The zero-order valence-electron chi connectivity index (χ0n) is 20.9. The normalized spacial score (nSPS) is 21.2. The summed E-state index contributed by atoms with van der Waals surface area (Å²) >= 11 is 0. The number of rotatable bonds is 5. The number of nitrogens with two attached hydrogens (primary N) is 1. The molecule has 1 amide bonds. The first kappa shape index (κ1) is 24.5. The van der Waals surface area contributed by atoms with E-state index in [9.17, 15) is 18.3 Å². The molecule has 2 bridgehead atoms. The van der Waals surface area contributed by atoms with Crippen molar-refractivity contribution in [3.8, 4) is 22.4 Å². The van der Waals surface area contributed by atoms with Crippen molar-refractivity contribution in [3.05, 3.63) is 60.6 Å². The number of nitrogen functional groups attached to an aromatic ring is 1. The van der Waals surface area contributed by atoms with E-state index in [4.69, 9.17) is 10.7 Å². The number of aromatic nitrogens is 4. The van der Waals surface area contributed by atoms with Crippen LogP contribution < -0.4 is 5.73 Å². The molecule has 11 heteroatoms. The lowest BCUT2D eigenvalue weighted by Crippen LogP contribution is -2.47. The summed E-state index contributed by atoms with van der Waals surface area (Å²) < 4.78 is 27.3. The van der Waals surface area contributed by atoms with Gasteiger partial charge in [-0.3, -0.25) is 9.78 Å². The maximum Gasteiger partial charge on any atom is 0.248 e. The number of nitrogens with zero attached hydrogens (tertiary/aromatic N) is 5. The Labute approximate surface area is 220 Å². The lowest BCUT2D eigenvalue weighted by molar-refractivity contribution is -0.138.